The number of aliphatic hydroxyl groups is 1. The number of carbonyl (C=O) groups is 2. The van der Waals surface area contributed by atoms with Crippen LogP contribution < -0.4 is 4.74 Å². The van der Waals surface area contributed by atoms with Crippen LogP contribution in [0, 0.1) is 5.82 Å². The van der Waals surface area contributed by atoms with Crippen molar-refractivity contribution in [3.63, 3.8) is 0 Å². The molecule has 2 heterocycles. The number of rotatable bonds is 8. The lowest BCUT2D eigenvalue weighted by molar-refractivity contribution is -0.140. The number of likely N-dealkylation sites (tertiary alicyclic amines) is 1. The summed E-state index contributed by atoms with van der Waals surface area (Å²) in [6.45, 7) is 6.60. The van der Waals surface area contributed by atoms with E-state index < -0.39 is 23.5 Å². The van der Waals surface area contributed by atoms with Gasteiger partial charge in [0, 0.05) is 31.7 Å². The lowest BCUT2D eigenvalue weighted by atomic mass is 9.95. The number of aliphatic hydroxyl groups excluding tert-OH is 1. The van der Waals surface area contributed by atoms with Crippen molar-refractivity contribution in [1.82, 2.24) is 9.80 Å². The highest BCUT2D eigenvalue weighted by atomic mass is 19.1. The number of ketones is 1. The molecule has 4 rings (SSSR count). The predicted octanol–water partition coefficient (Wildman–Crippen LogP) is 3.37. The van der Waals surface area contributed by atoms with E-state index in [-0.39, 0.29) is 16.9 Å². The topological polar surface area (TPSA) is 79.3 Å². The van der Waals surface area contributed by atoms with Crippen LogP contribution in [0.2, 0.25) is 0 Å². The molecule has 2 aliphatic heterocycles. The molecule has 180 valence electrons. The second-order valence-electron chi connectivity index (χ2n) is 8.31. The van der Waals surface area contributed by atoms with Crippen molar-refractivity contribution in [2.75, 3.05) is 46.0 Å². The van der Waals surface area contributed by atoms with E-state index in [1.54, 1.807) is 24.3 Å². The van der Waals surface area contributed by atoms with Crippen LogP contribution >= 0.6 is 0 Å². The third kappa shape index (κ3) is 5.13. The minimum absolute atomic E-state index is 0.00661. The van der Waals surface area contributed by atoms with Crippen molar-refractivity contribution in [2.45, 2.75) is 19.4 Å². The van der Waals surface area contributed by atoms with Crippen LogP contribution in [0.15, 0.2) is 54.1 Å². The van der Waals surface area contributed by atoms with Gasteiger partial charge in [-0.15, -0.1) is 0 Å². The molecule has 0 unspecified atom stereocenters. The molecule has 1 atom stereocenters. The number of ether oxygens (including phenoxy) is 2. The molecule has 2 fully saturated rings. The van der Waals surface area contributed by atoms with Crippen LogP contribution in [0.3, 0.4) is 0 Å². The highest BCUT2D eigenvalue weighted by molar-refractivity contribution is 6.46. The second kappa shape index (κ2) is 10.8. The minimum Gasteiger partial charge on any atom is -0.507 e. The Labute approximate surface area is 198 Å². The van der Waals surface area contributed by atoms with E-state index in [1.165, 1.54) is 29.2 Å². The molecule has 0 saturated carbocycles. The summed E-state index contributed by atoms with van der Waals surface area (Å²) in [5.41, 5.74) is 0.980. The Morgan fingerprint density at radius 2 is 1.74 bits per heavy atom. The Morgan fingerprint density at radius 1 is 1.06 bits per heavy atom. The van der Waals surface area contributed by atoms with Gasteiger partial charge in [0.05, 0.1) is 31.4 Å². The van der Waals surface area contributed by atoms with Crippen LogP contribution in [0.5, 0.6) is 5.75 Å². The third-order valence-electron chi connectivity index (χ3n) is 6.14. The summed E-state index contributed by atoms with van der Waals surface area (Å²) in [4.78, 5) is 29.9. The number of morpholine rings is 1. The van der Waals surface area contributed by atoms with Gasteiger partial charge in [0.25, 0.3) is 11.7 Å². The molecular weight excluding hydrogens is 439 g/mol. The van der Waals surface area contributed by atoms with Crippen molar-refractivity contribution >= 4 is 17.4 Å². The molecule has 1 N–H and O–H groups in total. The molecule has 0 radical (unpaired) electrons. The summed E-state index contributed by atoms with van der Waals surface area (Å²) in [6, 6.07) is 11.6. The summed E-state index contributed by atoms with van der Waals surface area (Å²) in [5.74, 6) is -1.48. The van der Waals surface area contributed by atoms with E-state index >= 15 is 0 Å². The first-order valence-electron chi connectivity index (χ1n) is 11.6. The Kier molecular flexibility index (Phi) is 7.59. The summed E-state index contributed by atoms with van der Waals surface area (Å²) in [6.07, 6.45) is 0.678. The average Bonchev–Trinajstić information content (AvgIpc) is 3.10. The Balaban J connectivity index is 1.66. The van der Waals surface area contributed by atoms with Gasteiger partial charge in [-0.1, -0.05) is 12.1 Å². The van der Waals surface area contributed by atoms with Crippen LogP contribution in [0.4, 0.5) is 4.39 Å². The first kappa shape index (κ1) is 23.9. The van der Waals surface area contributed by atoms with Gasteiger partial charge < -0.3 is 19.5 Å². The first-order valence-corrected chi connectivity index (χ1v) is 11.6. The molecule has 0 aromatic heterocycles. The standard InChI is InChI=1S/C26H29FN2O5/c1-2-34-21-10-6-18(7-11-21)23-22(24(30)19-4-8-20(27)9-5-19)25(31)26(32)29(23)13-3-12-28-14-16-33-17-15-28/h4-11,23,30H,2-3,12-17H2,1H3/t23-/m1/s1. The summed E-state index contributed by atoms with van der Waals surface area (Å²) in [7, 11) is 0. The molecule has 7 nitrogen and oxygen atoms in total. The number of halogens is 1. The molecule has 8 heteroatoms. The predicted molar refractivity (Wildman–Crippen MR) is 125 cm³/mol. The molecule has 1 amide bonds. The van der Waals surface area contributed by atoms with Crippen LogP contribution in [0.1, 0.15) is 30.5 Å². The number of amides is 1. The highest BCUT2D eigenvalue weighted by Gasteiger charge is 2.45. The molecule has 0 aliphatic carbocycles. The summed E-state index contributed by atoms with van der Waals surface area (Å²) in [5, 5.41) is 11.0. The number of hydrogen-bond donors (Lipinski definition) is 1. The lowest BCUT2D eigenvalue weighted by Gasteiger charge is -2.29. The third-order valence-corrected chi connectivity index (χ3v) is 6.14. The van der Waals surface area contributed by atoms with Gasteiger partial charge in [-0.05, 0) is 55.3 Å². The molecule has 2 saturated heterocycles. The number of carbonyl (C=O) groups excluding carboxylic acids is 2. The van der Waals surface area contributed by atoms with E-state index in [4.69, 9.17) is 9.47 Å². The fourth-order valence-electron chi connectivity index (χ4n) is 4.42. The molecular formula is C26H29FN2O5. The van der Waals surface area contributed by atoms with E-state index in [1.807, 2.05) is 6.92 Å². The van der Waals surface area contributed by atoms with E-state index in [9.17, 15) is 19.1 Å². The van der Waals surface area contributed by atoms with E-state index in [2.05, 4.69) is 4.90 Å². The van der Waals surface area contributed by atoms with Crippen LogP contribution in [-0.4, -0.2) is 72.6 Å². The molecule has 0 spiro atoms. The van der Waals surface area contributed by atoms with Crippen molar-refractivity contribution in [3.05, 3.63) is 71.0 Å². The number of benzene rings is 2. The summed E-state index contributed by atoms with van der Waals surface area (Å²) >= 11 is 0. The zero-order valence-corrected chi connectivity index (χ0v) is 19.2. The van der Waals surface area contributed by atoms with Gasteiger partial charge in [-0.3, -0.25) is 14.5 Å². The smallest absolute Gasteiger partial charge is 0.295 e. The molecule has 2 aliphatic rings. The quantitative estimate of drug-likeness (QED) is 0.364. The SMILES string of the molecule is CCOc1ccc([C@@H]2C(=C(O)c3ccc(F)cc3)C(=O)C(=O)N2CCCN2CCOCC2)cc1. The van der Waals surface area contributed by atoms with Crippen molar-refractivity contribution < 1.29 is 28.6 Å². The maximum absolute atomic E-state index is 13.4. The fourth-order valence-corrected chi connectivity index (χ4v) is 4.42. The zero-order chi connectivity index (χ0) is 24.1. The highest BCUT2D eigenvalue weighted by Crippen LogP contribution is 2.40. The number of nitrogens with zero attached hydrogens (tertiary/aromatic N) is 2. The largest absolute Gasteiger partial charge is 0.507 e. The van der Waals surface area contributed by atoms with Gasteiger partial charge in [-0.25, -0.2) is 4.39 Å². The second-order valence-corrected chi connectivity index (χ2v) is 8.31. The number of Topliss-reactive ketones (excluding diaryl/α,β-unsaturated/α-hetero) is 1. The Morgan fingerprint density at radius 3 is 2.38 bits per heavy atom. The summed E-state index contributed by atoms with van der Waals surface area (Å²) < 4.78 is 24.3. The van der Waals surface area contributed by atoms with Gasteiger partial charge in [0.2, 0.25) is 0 Å². The van der Waals surface area contributed by atoms with Crippen LogP contribution in [0.25, 0.3) is 5.76 Å². The fraction of sp³-hybridized carbons (Fsp3) is 0.385. The first-order chi connectivity index (χ1) is 16.5. The van der Waals surface area contributed by atoms with Crippen molar-refractivity contribution in [3.8, 4) is 5.75 Å². The zero-order valence-electron chi connectivity index (χ0n) is 19.2. The molecule has 2 aromatic carbocycles. The average molecular weight is 469 g/mol. The van der Waals surface area contributed by atoms with Gasteiger partial charge in [0.15, 0.2) is 0 Å². The molecule has 2 aromatic rings. The normalized spacial score (nSPS) is 20.6. The monoisotopic (exact) mass is 468 g/mol. The Bertz CT molecular complexity index is 1050. The minimum atomic E-state index is -0.745. The van der Waals surface area contributed by atoms with E-state index in [0.29, 0.717) is 44.1 Å². The van der Waals surface area contributed by atoms with Crippen molar-refractivity contribution in [2.24, 2.45) is 0 Å². The lowest BCUT2D eigenvalue weighted by Crippen LogP contribution is -2.38. The Hall–Kier alpha value is -3.23. The van der Waals surface area contributed by atoms with E-state index in [0.717, 1.165) is 19.6 Å². The maximum Gasteiger partial charge on any atom is 0.295 e. The van der Waals surface area contributed by atoms with Gasteiger partial charge in [-0.2, -0.15) is 0 Å². The van der Waals surface area contributed by atoms with Crippen molar-refractivity contribution in [1.29, 1.82) is 0 Å². The van der Waals surface area contributed by atoms with Gasteiger partial charge >= 0.3 is 0 Å². The van der Waals surface area contributed by atoms with Crippen LogP contribution in [-0.2, 0) is 14.3 Å². The molecule has 0 bridgehead atoms. The number of hydrogen-bond acceptors (Lipinski definition) is 6. The maximum atomic E-state index is 13.4. The van der Waals surface area contributed by atoms with Gasteiger partial charge in [0.1, 0.15) is 17.3 Å². The molecule has 34 heavy (non-hydrogen) atoms.